The molecule has 1 aromatic carbocycles. The first-order chi connectivity index (χ1) is 12.2. The zero-order valence-electron chi connectivity index (χ0n) is 15.4. The Kier molecular flexibility index (Phi) is 11.3. The Morgan fingerprint density at radius 3 is 2.65 bits per heavy atom. The van der Waals surface area contributed by atoms with Gasteiger partial charge in [0, 0.05) is 37.6 Å². The monoisotopic (exact) mass is 490 g/mol. The van der Waals surface area contributed by atoms with Gasteiger partial charge in [-0.15, -0.1) is 34.2 Å². The van der Waals surface area contributed by atoms with Gasteiger partial charge in [0.15, 0.2) is 5.96 Å². The number of hydrogen-bond acceptors (Lipinski definition) is 3. The van der Waals surface area contributed by atoms with E-state index in [4.69, 9.17) is 11.6 Å². The van der Waals surface area contributed by atoms with E-state index in [1.807, 2.05) is 12.1 Å². The molecule has 2 rings (SSSR count). The molecule has 0 aliphatic carbocycles. The van der Waals surface area contributed by atoms with Crippen LogP contribution in [0.1, 0.15) is 31.7 Å². The van der Waals surface area contributed by atoms with Gasteiger partial charge in [0.1, 0.15) is 12.2 Å². The number of nitrogens with one attached hydrogen (secondary N) is 2. The lowest BCUT2D eigenvalue weighted by atomic mass is 10.1. The summed E-state index contributed by atoms with van der Waals surface area (Å²) in [7, 11) is 0. The van der Waals surface area contributed by atoms with Crippen molar-refractivity contribution in [2.24, 2.45) is 4.99 Å². The molecule has 144 valence electrons. The van der Waals surface area contributed by atoms with Gasteiger partial charge >= 0.3 is 0 Å². The van der Waals surface area contributed by atoms with Crippen LogP contribution in [-0.2, 0) is 19.4 Å². The third-order valence-corrected chi connectivity index (χ3v) is 4.06. The van der Waals surface area contributed by atoms with Crippen LogP contribution in [0.15, 0.2) is 35.6 Å². The van der Waals surface area contributed by atoms with E-state index in [0.29, 0.717) is 0 Å². The minimum absolute atomic E-state index is 0. The van der Waals surface area contributed by atoms with Crippen molar-refractivity contribution in [3.05, 3.63) is 47.0 Å². The summed E-state index contributed by atoms with van der Waals surface area (Å²) >= 11 is 5.91. The molecule has 0 atom stereocenters. The first-order valence-electron chi connectivity index (χ1n) is 8.86. The summed E-state index contributed by atoms with van der Waals surface area (Å²) in [6, 6.07) is 8.00. The van der Waals surface area contributed by atoms with Gasteiger partial charge in [-0.25, -0.2) is 0 Å². The second kappa shape index (κ2) is 12.9. The van der Waals surface area contributed by atoms with Crippen LogP contribution in [0.5, 0.6) is 0 Å². The van der Waals surface area contributed by atoms with Crippen LogP contribution in [0.3, 0.4) is 0 Å². The number of aliphatic imine (C=N–C) groups is 1. The average Bonchev–Trinajstić information content (AvgIpc) is 3.07. The van der Waals surface area contributed by atoms with Crippen LogP contribution in [0.25, 0.3) is 0 Å². The van der Waals surface area contributed by atoms with Crippen LogP contribution in [0, 0.1) is 0 Å². The summed E-state index contributed by atoms with van der Waals surface area (Å²) in [5.74, 6) is 1.86. The topological polar surface area (TPSA) is 67.1 Å². The highest BCUT2D eigenvalue weighted by Crippen LogP contribution is 2.10. The van der Waals surface area contributed by atoms with Gasteiger partial charge in [0.2, 0.25) is 0 Å². The molecule has 26 heavy (non-hydrogen) atoms. The molecule has 0 aliphatic rings. The SMILES string of the molecule is CCNC(=NCCCc1ccc(Cl)cc1)NCCn1cnnc1CC.I. The normalized spacial score (nSPS) is 11.1. The van der Waals surface area contributed by atoms with E-state index in [-0.39, 0.29) is 24.0 Å². The molecule has 0 bridgehead atoms. The Morgan fingerprint density at radius 2 is 1.96 bits per heavy atom. The fraction of sp³-hybridized carbons (Fsp3) is 0.500. The van der Waals surface area contributed by atoms with Crippen molar-refractivity contribution in [1.29, 1.82) is 0 Å². The van der Waals surface area contributed by atoms with E-state index in [9.17, 15) is 0 Å². The Morgan fingerprint density at radius 1 is 1.19 bits per heavy atom. The molecule has 0 unspecified atom stereocenters. The summed E-state index contributed by atoms with van der Waals surface area (Å²) in [5, 5.41) is 15.5. The Hall–Kier alpha value is -1.35. The standard InChI is InChI=1S/C18H27ClN6.HI/c1-3-17-24-23-14-25(17)13-12-22-18(20-4-2)21-11-5-6-15-7-9-16(19)10-8-15;/h7-10,14H,3-6,11-13H2,1-2H3,(H2,20,21,22);1H. The first kappa shape index (κ1) is 22.7. The molecule has 0 saturated heterocycles. The Bertz CT molecular complexity index is 656. The number of nitrogens with zero attached hydrogens (tertiary/aromatic N) is 4. The van der Waals surface area contributed by atoms with Crippen molar-refractivity contribution in [2.75, 3.05) is 19.6 Å². The van der Waals surface area contributed by atoms with Gasteiger partial charge in [-0.05, 0) is 37.5 Å². The summed E-state index contributed by atoms with van der Waals surface area (Å²) in [4.78, 5) is 4.64. The quantitative estimate of drug-likeness (QED) is 0.245. The highest BCUT2D eigenvalue weighted by atomic mass is 127. The van der Waals surface area contributed by atoms with E-state index in [1.54, 1.807) is 6.33 Å². The molecule has 2 aromatic rings. The minimum Gasteiger partial charge on any atom is -0.357 e. The molecule has 0 spiro atoms. The van der Waals surface area contributed by atoms with E-state index in [1.165, 1.54) is 5.56 Å². The van der Waals surface area contributed by atoms with E-state index in [0.717, 1.165) is 62.2 Å². The second-order valence-corrected chi connectivity index (χ2v) is 6.15. The van der Waals surface area contributed by atoms with Crippen LogP contribution in [-0.4, -0.2) is 40.4 Å². The summed E-state index contributed by atoms with van der Waals surface area (Å²) in [6.07, 6.45) is 4.67. The van der Waals surface area contributed by atoms with E-state index in [2.05, 4.69) is 56.4 Å². The average molecular weight is 491 g/mol. The maximum atomic E-state index is 5.91. The molecule has 2 N–H and O–H groups in total. The molecule has 1 heterocycles. The van der Waals surface area contributed by atoms with Crippen molar-refractivity contribution in [1.82, 2.24) is 25.4 Å². The number of halogens is 2. The molecule has 1 aromatic heterocycles. The predicted octanol–water partition coefficient (Wildman–Crippen LogP) is 3.30. The maximum Gasteiger partial charge on any atom is 0.191 e. The molecule has 0 radical (unpaired) electrons. The van der Waals surface area contributed by atoms with Crippen LogP contribution in [0.4, 0.5) is 0 Å². The lowest BCUT2D eigenvalue weighted by molar-refractivity contribution is 0.632. The molecular formula is C18H28ClIN6. The fourth-order valence-corrected chi connectivity index (χ4v) is 2.63. The number of guanidine groups is 1. The summed E-state index contributed by atoms with van der Waals surface area (Å²) < 4.78 is 2.07. The maximum absolute atomic E-state index is 5.91. The predicted molar refractivity (Wildman–Crippen MR) is 119 cm³/mol. The first-order valence-corrected chi connectivity index (χ1v) is 9.24. The molecular weight excluding hydrogens is 463 g/mol. The lowest BCUT2D eigenvalue weighted by Gasteiger charge is -2.12. The third-order valence-electron chi connectivity index (χ3n) is 3.81. The molecule has 0 fully saturated rings. The van der Waals surface area contributed by atoms with Gasteiger partial charge in [-0.3, -0.25) is 4.99 Å². The van der Waals surface area contributed by atoms with Crippen molar-refractivity contribution < 1.29 is 0 Å². The van der Waals surface area contributed by atoms with E-state index >= 15 is 0 Å². The number of aromatic nitrogens is 3. The van der Waals surface area contributed by atoms with Gasteiger partial charge in [-0.1, -0.05) is 30.7 Å². The van der Waals surface area contributed by atoms with E-state index < -0.39 is 0 Å². The van der Waals surface area contributed by atoms with Crippen molar-refractivity contribution in [2.45, 2.75) is 39.7 Å². The van der Waals surface area contributed by atoms with Crippen LogP contribution in [0.2, 0.25) is 5.02 Å². The van der Waals surface area contributed by atoms with Crippen LogP contribution >= 0.6 is 35.6 Å². The number of aryl methyl sites for hydroxylation is 2. The van der Waals surface area contributed by atoms with Crippen molar-refractivity contribution >= 4 is 41.5 Å². The molecule has 8 heteroatoms. The molecule has 0 aliphatic heterocycles. The molecule has 0 amide bonds. The molecule has 0 saturated carbocycles. The fourth-order valence-electron chi connectivity index (χ4n) is 2.50. The second-order valence-electron chi connectivity index (χ2n) is 5.71. The highest BCUT2D eigenvalue weighted by Gasteiger charge is 2.02. The van der Waals surface area contributed by atoms with Gasteiger partial charge < -0.3 is 15.2 Å². The largest absolute Gasteiger partial charge is 0.357 e. The van der Waals surface area contributed by atoms with Crippen LogP contribution < -0.4 is 10.6 Å². The summed E-state index contributed by atoms with van der Waals surface area (Å²) in [6.45, 7) is 7.39. The van der Waals surface area contributed by atoms with Crippen molar-refractivity contribution in [3.63, 3.8) is 0 Å². The summed E-state index contributed by atoms with van der Waals surface area (Å²) in [5.41, 5.74) is 1.29. The zero-order chi connectivity index (χ0) is 17.9. The zero-order valence-corrected chi connectivity index (χ0v) is 18.5. The van der Waals surface area contributed by atoms with Gasteiger partial charge in [-0.2, -0.15) is 0 Å². The number of rotatable bonds is 9. The molecule has 6 nitrogen and oxygen atoms in total. The number of benzene rings is 1. The van der Waals surface area contributed by atoms with Gasteiger partial charge in [0.05, 0.1) is 0 Å². The third kappa shape index (κ3) is 7.90. The van der Waals surface area contributed by atoms with Gasteiger partial charge in [0.25, 0.3) is 0 Å². The highest BCUT2D eigenvalue weighted by molar-refractivity contribution is 14.0. The minimum atomic E-state index is 0. The smallest absolute Gasteiger partial charge is 0.191 e. The Balaban J connectivity index is 0.00000338. The van der Waals surface area contributed by atoms with Crippen molar-refractivity contribution in [3.8, 4) is 0 Å². The lowest BCUT2D eigenvalue weighted by Crippen LogP contribution is -2.39. The number of hydrogen-bond donors (Lipinski definition) is 2. The Labute approximate surface area is 177 Å².